The molecular formula is C12H18F2N2O2. The summed E-state index contributed by atoms with van der Waals surface area (Å²) < 4.78 is 33.9. The van der Waals surface area contributed by atoms with Crippen LogP contribution in [0.5, 0.6) is 11.5 Å². The van der Waals surface area contributed by atoms with Crippen molar-refractivity contribution >= 4 is 11.4 Å². The van der Waals surface area contributed by atoms with Crippen LogP contribution in [0.4, 0.5) is 20.2 Å². The normalized spacial score (nSPS) is 13.3. The lowest BCUT2D eigenvalue weighted by Gasteiger charge is -2.28. The first-order chi connectivity index (χ1) is 8.58. The number of alkyl halides is 2. The van der Waals surface area contributed by atoms with Crippen molar-refractivity contribution in [2.24, 2.45) is 0 Å². The smallest absolute Gasteiger partial charge is 0.387 e. The molecule has 0 spiro atoms. The molecule has 0 aliphatic carbocycles. The summed E-state index contributed by atoms with van der Waals surface area (Å²) in [7, 11) is 1.85. The largest absolute Gasteiger partial charge is 0.489 e. The molecule has 4 nitrogen and oxygen atoms in total. The highest BCUT2D eigenvalue weighted by Crippen LogP contribution is 2.38. The van der Waals surface area contributed by atoms with Crippen molar-refractivity contribution in [3.63, 3.8) is 0 Å². The van der Waals surface area contributed by atoms with Crippen molar-refractivity contribution in [2.45, 2.75) is 20.5 Å². The molecule has 6 heteroatoms. The SMILES string of the molecule is CC.CN1CCOc2cc(N)c(OC(F)F)cc21. The number of hydrogen-bond donors (Lipinski definition) is 1. The van der Waals surface area contributed by atoms with Gasteiger partial charge >= 0.3 is 6.61 Å². The molecule has 18 heavy (non-hydrogen) atoms. The molecule has 0 saturated carbocycles. The zero-order chi connectivity index (χ0) is 13.7. The van der Waals surface area contributed by atoms with E-state index in [4.69, 9.17) is 10.5 Å². The molecule has 1 aliphatic heterocycles. The number of nitrogens with two attached hydrogens (primary N) is 1. The van der Waals surface area contributed by atoms with E-state index in [0.717, 1.165) is 0 Å². The summed E-state index contributed by atoms with van der Waals surface area (Å²) in [5.41, 5.74) is 6.43. The van der Waals surface area contributed by atoms with Gasteiger partial charge in [-0.05, 0) is 0 Å². The van der Waals surface area contributed by atoms with Gasteiger partial charge in [0.05, 0.1) is 17.9 Å². The molecule has 0 amide bonds. The molecule has 0 aromatic heterocycles. The van der Waals surface area contributed by atoms with Crippen LogP contribution in [-0.4, -0.2) is 26.8 Å². The average molecular weight is 260 g/mol. The van der Waals surface area contributed by atoms with Gasteiger partial charge in [-0.3, -0.25) is 0 Å². The van der Waals surface area contributed by atoms with E-state index in [2.05, 4.69) is 4.74 Å². The van der Waals surface area contributed by atoms with E-state index in [0.29, 0.717) is 24.6 Å². The number of halogens is 2. The average Bonchev–Trinajstić information content (AvgIpc) is 2.33. The van der Waals surface area contributed by atoms with Crippen molar-refractivity contribution in [1.29, 1.82) is 0 Å². The third-order valence-corrected chi connectivity index (χ3v) is 2.40. The summed E-state index contributed by atoms with van der Waals surface area (Å²) in [6.07, 6.45) is 0. The Labute approximate surface area is 105 Å². The van der Waals surface area contributed by atoms with Crippen LogP contribution < -0.4 is 20.1 Å². The lowest BCUT2D eigenvalue weighted by Crippen LogP contribution is -2.28. The van der Waals surface area contributed by atoms with E-state index in [1.54, 1.807) is 0 Å². The number of likely N-dealkylation sites (N-methyl/N-ethyl adjacent to an activating group) is 1. The molecule has 0 radical (unpaired) electrons. The monoisotopic (exact) mass is 260 g/mol. The summed E-state index contributed by atoms with van der Waals surface area (Å²) in [4.78, 5) is 1.90. The van der Waals surface area contributed by atoms with Crippen LogP contribution in [0.3, 0.4) is 0 Å². The maximum Gasteiger partial charge on any atom is 0.387 e. The molecule has 1 aliphatic rings. The van der Waals surface area contributed by atoms with Gasteiger partial charge in [-0.15, -0.1) is 0 Å². The number of hydrogen-bond acceptors (Lipinski definition) is 4. The molecular weight excluding hydrogens is 242 g/mol. The minimum absolute atomic E-state index is 0.0221. The van der Waals surface area contributed by atoms with Crippen molar-refractivity contribution < 1.29 is 18.3 Å². The standard InChI is InChI=1S/C10H12F2N2O2.C2H6/c1-14-2-3-15-9-4-6(13)8(5-7(9)14)16-10(11)12;1-2/h4-5,10H,2-3,13H2,1H3;1-2H3. The molecule has 1 aromatic rings. The molecule has 0 unspecified atom stereocenters. The number of nitrogens with zero attached hydrogens (tertiary/aromatic N) is 1. The first-order valence-corrected chi connectivity index (χ1v) is 5.80. The topological polar surface area (TPSA) is 47.7 Å². The maximum atomic E-state index is 12.1. The molecule has 1 heterocycles. The van der Waals surface area contributed by atoms with Gasteiger partial charge in [-0.1, -0.05) is 13.8 Å². The summed E-state index contributed by atoms with van der Waals surface area (Å²) in [5.74, 6) is 0.568. The molecule has 102 valence electrons. The number of ether oxygens (including phenoxy) is 2. The molecule has 0 fully saturated rings. The van der Waals surface area contributed by atoms with E-state index in [9.17, 15) is 8.78 Å². The predicted molar refractivity (Wildman–Crippen MR) is 67.6 cm³/mol. The Morgan fingerprint density at radius 3 is 2.67 bits per heavy atom. The Morgan fingerprint density at radius 1 is 1.39 bits per heavy atom. The van der Waals surface area contributed by atoms with Crippen LogP contribution in [-0.2, 0) is 0 Å². The van der Waals surface area contributed by atoms with Gasteiger partial charge in [-0.2, -0.15) is 8.78 Å². The Hall–Kier alpha value is -1.72. The van der Waals surface area contributed by atoms with Gasteiger partial charge in [-0.25, -0.2) is 0 Å². The Balaban J connectivity index is 0.000000771. The van der Waals surface area contributed by atoms with Crippen molar-refractivity contribution in [2.75, 3.05) is 30.8 Å². The van der Waals surface area contributed by atoms with E-state index in [1.165, 1.54) is 12.1 Å². The highest BCUT2D eigenvalue weighted by molar-refractivity contribution is 5.70. The quantitative estimate of drug-likeness (QED) is 0.831. The third kappa shape index (κ3) is 3.15. The number of nitrogen functional groups attached to an aromatic ring is 1. The van der Waals surface area contributed by atoms with Gasteiger partial charge in [0.2, 0.25) is 0 Å². The van der Waals surface area contributed by atoms with Crippen LogP contribution in [0.2, 0.25) is 0 Å². The highest BCUT2D eigenvalue weighted by atomic mass is 19.3. The minimum Gasteiger partial charge on any atom is -0.489 e. The van der Waals surface area contributed by atoms with Crippen molar-refractivity contribution in [3.8, 4) is 11.5 Å². The molecule has 2 N–H and O–H groups in total. The van der Waals surface area contributed by atoms with Crippen molar-refractivity contribution in [1.82, 2.24) is 0 Å². The Morgan fingerprint density at radius 2 is 2.06 bits per heavy atom. The summed E-state index contributed by atoms with van der Waals surface area (Å²) in [6, 6.07) is 2.97. The summed E-state index contributed by atoms with van der Waals surface area (Å²) >= 11 is 0. The first-order valence-electron chi connectivity index (χ1n) is 5.80. The second kappa shape index (κ2) is 6.28. The first kappa shape index (κ1) is 14.3. The fraction of sp³-hybridized carbons (Fsp3) is 0.500. The predicted octanol–water partition coefficient (Wildman–Crippen LogP) is 2.73. The van der Waals surface area contributed by atoms with Gasteiger partial charge < -0.3 is 20.1 Å². The van der Waals surface area contributed by atoms with Gasteiger partial charge in [0.1, 0.15) is 12.4 Å². The fourth-order valence-electron chi connectivity index (χ4n) is 1.59. The molecule has 0 saturated heterocycles. The number of fused-ring (bicyclic) bond motifs is 1. The number of rotatable bonds is 2. The van der Waals surface area contributed by atoms with Gasteiger partial charge in [0.25, 0.3) is 0 Å². The van der Waals surface area contributed by atoms with Crippen LogP contribution in [0.15, 0.2) is 12.1 Å². The number of anilines is 2. The zero-order valence-corrected chi connectivity index (χ0v) is 10.7. The Bertz CT molecular complexity index is 400. The minimum atomic E-state index is -2.88. The molecule has 0 bridgehead atoms. The Kier molecular flexibility index (Phi) is 5.00. The molecule has 1 aromatic carbocycles. The lowest BCUT2D eigenvalue weighted by atomic mass is 10.2. The van der Waals surface area contributed by atoms with Gasteiger partial charge in [0.15, 0.2) is 5.75 Å². The number of benzene rings is 1. The summed E-state index contributed by atoms with van der Waals surface area (Å²) in [6.45, 7) is 2.37. The zero-order valence-electron chi connectivity index (χ0n) is 10.7. The van der Waals surface area contributed by atoms with Gasteiger partial charge in [0, 0.05) is 19.2 Å². The second-order valence-electron chi connectivity index (χ2n) is 3.51. The summed E-state index contributed by atoms with van der Waals surface area (Å²) in [5, 5.41) is 0. The van der Waals surface area contributed by atoms with E-state index < -0.39 is 6.61 Å². The molecule has 0 atom stereocenters. The van der Waals surface area contributed by atoms with E-state index in [1.807, 2.05) is 25.8 Å². The third-order valence-electron chi connectivity index (χ3n) is 2.40. The van der Waals surface area contributed by atoms with E-state index >= 15 is 0 Å². The lowest BCUT2D eigenvalue weighted by molar-refractivity contribution is -0.0493. The van der Waals surface area contributed by atoms with Crippen LogP contribution in [0.1, 0.15) is 13.8 Å². The van der Waals surface area contributed by atoms with Crippen molar-refractivity contribution in [3.05, 3.63) is 12.1 Å². The maximum absolute atomic E-state index is 12.1. The fourth-order valence-corrected chi connectivity index (χ4v) is 1.59. The van der Waals surface area contributed by atoms with Crippen LogP contribution in [0.25, 0.3) is 0 Å². The highest BCUT2D eigenvalue weighted by Gasteiger charge is 2.19. The second-order valence-corrected chi connectivity index (χ2v) is 3.51. The van der Waals surface area contributed by atoms with Crippen LogP contribution >= 0.6 is 0 Å². The van der Waals surface area contributed by atoms with Crippen LogP contribution in [0, 0.1) is 0 Å². The van der Waals surface area contributed by atoms with E-state index in [-0.39, 0.29) is 11.4 Å². The molecule has 2 rings (SSSR count).